The Morgan fingerprint density at radius 2 is 2.27 bits per heavy atom. The zero-order valence-corrected chi connectivity index (χ0v) is 12.5. The van der Waals surface area contributed by atoms with Crippen LogP contribution in [0.1, 0.15) is 34.8 Å². The minimum absolute atomic E-state index is 0.0116. The first-order valence-corrected chi connectivity index (χ1v) is 8.06. The van der Waals surface area contributed by atoms with Crippen LogP contribution in [0.2, 0.25) is 0 Å². The van der Waals surface area contributed by atoms with Crippen LogP contribution in [0.25, 0.3) is 0 Å². The van der Waals surface area contributed by atoms with E-state index >= 15 is 0 Å². The lowest BCUT2D eigenvalue weighted by Crippen LogP contribution is -2.05. The molecule has 2 heterocycles. The van der Waals surface area contributed by atoms with Gasteiger partial charge in [-0.05, 0) is 47.0 Å². The summed E-state index contributed by atoms with van der Waals surface area (Å²) in [7, 11) is 0. The van der Waals surface area contributed by atoms with E-state index in [1.165, 1.54) is 11.8 Å². The van der Waals surface area contributed by atoms with E-state index in [2.05, 4.69) is 20.8 Å². The van der Waals surface area contributed by atoms with E-state index in [4.69, 9.17) is 0 Å². The van der Waals surface area contributed by atoms with E-state index in [-0.39, 0.29) is 17.4 Å². The Morgan fingerprint density at radius 3 is 3.09 bits per heavy atom. The van der Waals surface area contributed by atoms with E-state index in [9.17, 15) is 9.59 Å². The van der Waals surface area contributed by atoms with Crippen molar-refractivity contribution in [2.75, 3.05) is 11.1 Å². The fraction of sp³-hybridized carbons (Fsp3) is 0.357. The van der Waals surface area contributed by atoms with Gasteiger partial charge in [0.25, 0.3) is 0 Å². The third-order valence-corrected chi connectivity index (χ3v) is 4.67. The first kappa shape index (κ1) is 13.4. The number of carbonyl (C=O) groups excluding carboxylic acids is 2. The highest BCUT2D eigenvalue weighted by Crippen LogP contribution is 2.36. The van der Waals surface area contributed by atoms with Crippen LogP contribution >= 0.6 is 11.8 Å². The summed E-state index contributed by atoms with van der Waals surface area (Å²) in [5.74, 6) is 0.267. The van der Waals surface area contributed by atoms with Crippen LogP contribution in [-0.2, 0) is 11.2 Å². The molecule has 1 saturated carbocycles. The zero-order valence-electron chi connectivity index (χ0n) is 11.7. The summed E-state index contributed by atoms with van der Waals surface area (Å²) in [5.41, 5.74) is 2.30. The monoisotopic (exact) mass is 315 g/mol. The van der Waals surface area contributed by atoms with E-state index in [0.29, 0.717) is 23.2 Å². The molecule has 7 nitrogen and oxygen atoms in total. The molecule has 1 amide bonds. The molecule has 8 heteroatoms. The number of hydrogen-bond donors (Lipinski definition) is 1. The van der Waals surface area contributed by atoms with Crippen LogP contribution in [0.3, 0.4) is 0 Å². The quantitative estimate of drug-likeness (QED) is 0.664. The molecule has 2 aromatic rings. The number of ketones is 1. The Labute approximate surface area is 130 Å². The lowest BCUT2D eigenvalue weighted by molar-refractivity contribution is -0.115. The average molecular weight is 315 g/mol. The number of benzene rings is 1. The third-order valence-electron chi connectivity index (χ3n) is 3.74. The molecule has 0 unspecified atom stereocenters. The molecule has 1 fully saturated rings. The number of aromatic nitrogens is 4. The van der Waals surface area contributed by atoms with Gasteiger partial charge in [0, 0.05) is 11.3 Å². The fourth-order valence-electron chi connectivity index (χ4n) is 2.44. The molecule has 2 aliphatic rings. The van der Waals surface area contributed by atoms with E-state index < -0.39 is 0 Å². The highest BCUT2D eigenvalue weighted by Gasteiger charge is 2.28. The van der Waals surface area contributed by atoms with Crippen LogP contribution in [-0.4, -0.2) is 37.7 Å². The second-order valence-electron chi connectivity index (χ2n) is 5.45. The van der Waals surface area contributed by atoms with Gasteiger partial charge in [0.2, 0.25) is 11.1 Å². The maximum Gasteiger partial charge on any atom is 0.228 e. The lowest BCUT2D eigenvalue weighted by atomic mass is 10.1. The molecule has 4 rings (SSSR count). The average Bonchev–Trinajstić information content (AvgIpc) is 3.12. The van der Waals surface area contributed by atoms with Crippen molar-refractivity contribution in [3.05, 3.63) is 29.3 Å². The molecule has 1 aromatic heterocycles. The Hall–Kier alpha value is -2.22. The summed E-state index contributed by atoms with van der Waals surface area (Å²) >= 11 is 1.35. The van der Waals surface area contributed by atoms with Gasteiger partial charge in [0.1, 0.15) is 0 Å². The van der Waals surface area contributed by atoms with Crippen molar-refractivity contribution in [2.24, 2.45) is 0 Å². The third kappa shape index (κ3) is 2.50. The zero-order chi connectivity index (χ0) is 15.1. The summed E-state index contributed by atoms with van der Waals surface area (Å²) in [6.07, 6.45) is 2.53. The van der Waals surface area contributed by atoms with Gasteiger partial charge in [-0.15, -0.1) is 5.10 Å². The number of fused-ring (bicyclic) bond motifs is 1. The minimum Gasteiger partial charge on any atom is -0.326 e. The van der Waals surface area contributed by atoms with Crippen molar-refractivity contribution in [1.29, 1.82) is 0 Å². The number of Topliss-reactive ketones (excluding diaryl/α,β-unsaturated/α-hetero) is 1. The first-order chi connectivity index (χ1) is 10.7. The number of rotatable bonds is 5. The van der Waals surface area contributed by atoms with Gasteiger partial charge < -0.3 is 5.32 Å². The van der Waals surface area contributed by atoms with Gasteiger partial charge in [-0.1, -0.05) is 11.8 Å². The minimum atomic E-state index is -0.0300. The van der Waals surface area contributed by atoms with E-state index in [1.807, 2.05) is 0 Å². The van der Waals surface area contributed by atoms with Gasteiger partial charge in [-0.2, -0.15) is 0 Å². The number of hydrogen-bond acceptors (Lipinski definition) is 6. The molecule has 1 aliphatic carbocycles. The Morgan fingerprint density at radius 1 is 1.41 bits per heavy atom. The van der Waals surface area contributed by atoms with Crippen LogP contribution in [0.5, 0.6) is 0 Å². The van der Waals surface area contributed by atoms with Gasteiger partial charge >= 0.3 is 0 Å². The molecular formula is C14H13N5O2S. The van der Waals surface area contributed by atoms with E-state index in [0.717, 1.165) is 24.1 Å². The summed E-state index contributed by atoms with van der Waals surface area (Å²) in [6.45, 7) is 0. The Balaban J connectivity index is 1.45. The molecule has 0 atom stereocenters. The number of anilines is 1. The summed E-state index contributed by atoms with van der Waals surface area (Å²) in [6, 6.07) is 5.72. The standard InChI is InChI=1S/C14H13N5O2S/c20-12(7-22-14-16-17-18-19(14)10-2-3-10)8-1-4-11-9(5-8)6-13(21)15-11/h1,4-5,10H,2-3,6-7H2,(H,15,21). The van der Waals surface area contributed by atoms with Crippen LogP contribution in [0.15, 0.2) is 23.4 Å². The normalized spacial score (nSPS) is 16.5. The molecule has 1 aromatic carbocycles. The van der Waals surface area contributed by atoms with Crippen LogP contribution in [0, 0.1) is 0 Å². The molecule has 1 N–H and O–H groups in total. The maximum atomic E-state index is 12.3. The number of nitrogens with one attached hydrogen (secondary N) is 1. The number of nitrogens with zero attached hydrogens (tertiary/aromatic N) is 4. The van der Waals surface area contributed by atoms with Crippen molar-refractivity contribution in [3.63, 3.8) is 0 Å². The molecule has 0 bridgehead atoms. The second-order valence-corrected chi connectivity index (χ2v) is 6.39. The lowest BCUT2D eigenvalue weighted by Gasteiger charge is -2.04. The van der Waals surface area contributed by atoms with Gasteiger partial charge in [0.05, 0.1) is 18.2 Å². The van der Waals surface area contributed by atoms with Crippen molar-refractivity contribution in [1.82, 2.24) is 20.2 Å². The summed E-state index contributed by atoms with van der Waals surface area (Å²) in [5, 5.41) is 15.1. The SMILES string of the molecule is O=C1Cc2cc(C(=O)CSc3nnnn3C3CC3)ccc2N1. The number of carbonyl (C=O) groups is 2. The smallest absolute Gasteiger partial charge is 0.228 e. The number of amides is 1. The largest absolute Gasteiger partial charge is 0.326 e. The fourth-order valence-corrected chi connectivity index (χ4v) is 3.28. The van der Waals surface area contributed by atoms with Crippen LogP contribution in [0.4, 0.5) is 5.69 Å². The maximum absolute atomic E-state index is 12.3. The van der Waals surface area contributed by atoms with Crippen molar-refractivity contribution in [2.45, 2.75) is 30.5 Å². The molecule has 22 heavy (non-hydrogen) atoms. The molecule has 112 valence electrons. The topological polar surface area (TPSA) is 89.8 Å². The molecule has 0 spiro atoms. The Kier molecular flexibility index (Phi) is 3.18. The predicted molar refractivity (Wildman–Crippen MR) is 79.9 cm³/mol. The van der Waals surface area contributed by atoms with E-state index in [1.54, 1.807) is 22.9 Å². The van der Waals surface area contributed by atoms with Crippen LogP contribution < -0.4 is 5.32 Å². The molecule has 0 saturated heterocycles. The Bertz CT molecular complexity index is 768. The number of tetrazole rings is 1. The summed E-state index contributed by atoms with van der Waals surface area (Å²) in [4.78, 5) is 23.7. The number of thioether (sulfide) groups is 1. The van der Waals surface area contributed by atoms with Gasteiger partial charge in [-0.25, -0.2) is 4.68 Å². The first-order valence-electron chi connectivity index (χ1n) is 7.07. The highest BCUT2D eigenvalue weighted by atomic mass is 32.2. The van der Waals surface area contributed by atoms with Crippen molar-refractivity contribution < 1.29 is 9.59 Å². The van der Waals surface area contributed by atoms with Crippen molar-refractivity contribution in [3.8, 4) is 0 Å². The van der Waals surface area contributed by atoms with Gasteiger partial charge in [-0.3, -0.25) is 9.59 Å². The predicted octanol–water partition coefficient (Wildman–Crippen LogP) is 1.48. The molecule has 0 radical (unpaired) electrons. The van der Waals surface area contributed by atoms with Crippen molar-refractivity contribution >= 4 is 29.1 Å². The second kappa shape index (κ2) is 5.20. The highest BCUT2D eigenvalue weighted by molar-refractivity contribution is 7.99. The van der Waals surface area contributed by atoms with Gasteiger partial charge in [0.15, 0.2) is 5.78 Å². The molecular weight excluding hydrogens is 302 g/mol. The molecule has 1 aliphatic heterocycles. The summed E-state index contributed by atoms with van der Waals surface area (Å²) < 4.78 is 1.79.